The first-order valence-corrected chi connectivity index (χ1v) is 10.5. The second-order valence-electron chi connectivity index (χ2n) is 8.33. The van der Waals surface area contributed by atoms with Crippen LogP contribution in [0.3, 0.4) is 0 Å². The Bertz CT molecular complexity index is 1140. The number of rotatable bonds is 6. The van der Waals surface area contributed by atoms with Crippen LogP contribution in [0.4, 0.5) is 0 Å². The summed E-state index contributed by atoms with van der Waals surface area (Å²) < 4.78 is 10.9. The van der Waals surface area contributed by atoms with Gasteiger partial charge in [-0.3, -0.25) is 4.79 Å². The van der Waals surface area contributed by atoms with E-state index in [0.29, 0.717) is 27.6 Å². The monoisotopic (exact) mass is 448 g/mol. The molecule has 0 aliphatic carbocycles. The Balaban J connectivity index is 1.73. The highest BCUT2D eigenvalue weighted by Crippen LogP contribution is 2.30. The quantitative estimate of drug-likeness (QED) is 0.181. The minimum absolute atomic E-state index is 0.00391. The predicted octanol–water partition coefficient (Wildman–Crippen LogP) is 6.76. The summed E-state index contributed by atoms with van der Waals surface area (Å²) in [5.74, 6) is 0.0872. The molecule has 3 rings (SSSR count). The van der Waals surface area contributed by atoms with Crippen LogP contribution < -0.4 is 9.47 Å². The number of methoxy groups -OCH3 is 1. The van der Waals surface area contributed by atoms with Crippen LogP contribution >= 0.6 is 11.6 Å². The lowest BCUT2D eigenvalue weighted by atomic mass is 9.87. The van der Waals surface area contributed by atoms with Gasteiger partial charge in [0.2, 0.25) is 0 Å². The van der Waals surface area contributed by atoms with Crippen LogP contribution in [0.5, 0.6) is 11.5 Å². The highest BCUT2D eigenvalue weighted by atomic mass is 35.5. The van der Waals surface area contributed by atoms with Gasteiger partial charge in [0.05, 0.1) is 12.7 Å². The molecule has 3 aromatic rings. The first-order chi connectivity index (χ1) is 15.2. The van der Waals surface area contributed by atoms with E-state index in [1.807, 2.05) is 12.1 Å². The lowest BCUT2D eigenvalue weighted by molar-refractivity contribution is 0.0729. The van der Waals surface area contributed by atoms with E-state index < -0.39 is 5.97 Å². The van der Waals surface area contributed by atoms with Crippen molar-refractivity contribution in [1.82, 2.24) is 0 Å². The van der Waals surface area contributed by atoms with E-state index in [1.54, 1.807) is 60.7 Å². The number of hydrogen-bond acceptors (Lipinski definition) is 4. The van der Waals surface area contributed by atoms with Gasteiger partial charge in [-0.2, -0.15) is 0 Å². The van der Waals surface area contributed by atoms with Gasteiger partial charge in [0.1, 0.15) is 0 Å². The molecule has 0 fully saturated rings. The third kappa shape index (κ3) is 5.86. The fourth-order valence-corrected chi connectivity index (χ4v) is 3.15. The average Bonchev–Trinajstić information content (AvgIpc) is 2.78. The van der Waals surface area contributed by atoms with E-state index in [4.69, 9.17) is 21.1 Å². The Morgan fingerprint density at radius 2 is 1.47 bits per heavy atom. The highest BCUT2D eigenvalue weighted by Gasteiger charge is 2.16. The Morgan fingerprint density at radius 3 is 2.06 bits per heavy atom. The molecule has 0 aliphatic heterocycles. The van der Waals surface area contributed by atoms with Gasteiger partial charge in [-0.25, -0.2) is 4.79 Å². The fourth-order valence-electron chi connectivity index (χ4n) is 3.02. The predicted molar refractivity (Wildman–Crippen MR) is 128 cm³/mol. The van der Waals surface area contributed by atoms with Crippen LogP contribution in [0.1, 0.15) is 52.6 Å². The van der Waals surface area contributed by atoms with Crippen molar-refractivity contribution in [2.75, 3.05) is 7.11 Å². The first-order valence-electron chi connectivity index (χ1n) is 10.2. The summed E-state index contributed by atoms with van der Waals surface area (Å²) in [4.78, 5) is 24.9. The molecule has 0 aliphatic rings. The smallest absolute Gasteiger partial charge is 0.343 e. The molecule has 164 valence electrons. The lowest BCUT2D eigenvalue weighted by Gasteiger charge is -2.19. The van der Waals surface area contributed by atoms with Gasteiger partial charge in [-0.05, 0) is 71.1 Å². The van der Waals surface area contributed by atoms with E-state index in [0.717, 1.165) is 11.1 Å². The van der Waals surface area contributed by atoms with Gasteiger partial charge < -0.3 is 9.47 Å². The molecule has 0 heterocycles. The van der Waals surface area contributed by atoms with Gasteiger partial charge in [0, 0.05) is 10.6 Å². The molecule has 0 spiro atoms. The summed E-state index contributed by atoms with van der Waals surface area (Å²) in [5, 5.41) is 0.575. The van der Waals surface area contributed by atoms with E-state index in [2.05, 4.69) is 20.8 Å². The molecule has 0 radical (unpaired) electrons. The number of carbonyl (C=O) groups excluding carboxylic acids is 2. The molecule has 0 aromatic heterocycles. The maximum absolute atomic E-state index is 12.6. The summed E-state index contributed by atoms with van der Waals surface area (Å²) >= 11 is 5.86. The van der Waals surface area contributed by atoms with Crippen molar-refractivity contribution >= 4 is 29.4 Å². The number of carbonyl (C=O) groups is 2. The van der Waals surface area contributed by atoms with Crippen molar-refractivity contribution in [1.29, 1.82) is 0 Å². The zero-order valence-corrected chi connectivity index (χ0v) is 19.3. The largest absolute Gasteiger partial charge is 0.493 e. The van der Waals surface area contributed by atoms with E-state index in [9.17, 15) is 9.59 Å². The Kier molecular flexibility index (Phi) is 7.16. The number of esters is 1. The number of allylic oxidation sites excluding steroid dienone is 1. The van der Waals surface area contributed by atoms with Crippen molar-refractivity contribution in [3.8, 4) is 11.5 Å². The summed E-state index contributed by atoms with van der Waals surface area (Å²) in [6, 6.07) is 19.2. The molecule has 0 amide bonds. The van der Waals surface area contributed by atoms with Gasteiger partial charge in [-0.15, -0.1) is 0 Å². The SMILES string of the molecule is COc1cc(C=CC(=O)c2ccc(Cl)cc2)ccc1OC(=O)c1ccc(C(C)(C)C)cc1. The minimum atomic E-state index is -0.468. The number of hydrogen-bond donors (Lipinski definition) is 0. The molecular weight excluding hydrogens is 424 g/mol. The normalized spacial score (nSPS) is 11.4. The van der Waals surface area contributed by atoms with Crippen LogP contribution in [-0.4, -0.2) is 18.9 Å². The molecule has 5 heteroatoms. The van der Waals surface area contributed by atoms with E-state index >= 15 is 0 Å². The Hall–Kier alpha value is -3.37. The molecule has 4 nitrogen and oxygen atoms in total. The summed E-state index contributed by atoms with van der Waals surface area (Å²) in [6.07, 6.45) is 3.15. The van der Waals surface area contributed by atoms with Gasteiger partial charge in [0.15, 0.2) is 17.3 Å². The number of ketones is 1. The lowest BCUT2D eigenvalue weighted by Crippen LogP contribution is -2.13. The van der Waals surface area contributed by atoms with Crippen molar-refractivity contribution in [2.45, 2.75) is 26.2 Å². The maximum atomic E-state index is 12.6. The number of ether oxygens (including phenoxy) is 2. The summed E-state index contributed by atoms with van der Waals surface area (Å²) in [7, 11) is 1.50. The Labute approximate surface area is 193 Å². The topological polar surface area (TPSA) is 52.6 Å². The molecule has 0 unspecified atom stereocenters. The van der Waals surface area contributed by atoms with Crippen LogP contribution in [0.2, 0.25) is 5.02 Å². The van der Waals surface area contributed by atoms with Gasteiger partial charge >= 0.3 is 5.97 Å². The van der Waals surface area contributed by atoms with Crippen molar-refractivity contribution < 1.29 is 19.1 Å². The van der Waals surface area contributed by atoms with E-state index in [1.165, 1.54) is 13.2 Å². The molecule has 32 heavy (non-hydrogen) atoms. The second-order valence-corrected chi connectivity index (χ2v) is 8.77. The first kappa shape index (κ1) is 23.3. The van der Waals surface area contributed by atoms with Gasteiger partial charge in [0.25, 0.3) is 0 Å². The molecule has 0 saturated carbocycles. The zero-order valence-electron chi connectivity index (χ0n) is 18.5. The third-order valence-corrected chi connectivity index (χ3v) is 5.18. The number of benzene rings is 3. The molecule has 0 atom stereocenters. The number of halogens is 1. The van der Waals surface area contributed by atoms with Crippen LogP contribution in [-0.2, 0) is 5.41 Å². The minimum Gasteiger partial charge on any atom is -0.493 e. The standard InChI is InChI=1S/C27H25ClO4/c1-27(2,3)21-11-7-20(8-12-21)26(30)32-24-16-6-18(17-25(24)31-4)5-15-23(29)19-9-13-22(28)14-10-19/h5-17H,1-4H3. The van der Waals surface area contributed by atoms with Crippen LogP contribution in [0.15, 0.2) is 72.8 Å². The van der Waals surface area contributed by atoms with Crippen LogP contribution in [0, 0.1) is 0 Å². The molecular formula is C27H25ClO4. The van der Waals surface area contributed by atoms with Crippen molar-refractivity contribution in [3.63, 3.8) is 0 Å². The third-order valence-electron chi connectivity index (χ3n) is 4.93. The zero-order chi connectivity index (χ0) is 23.3. The van der Waals surface area contributed by atoms with Crippen molar-refractivity contribution in [3.05, 3.63) is 100 Å². The van der Waals surface area contributed by atoms with E-state index in [-0.39, 0.29) is 11.2 Å². The van der Waals surface area contributed by atoms with Crippen LogP contribution in [0.25, 0.3) is 6.08 Å². The highest BCUT2D eigenvalue weighted by molar-refractivity contribution is 6.30. The fraction of sp³-hybridized carbons (Fsp3) is 0.185. The maximum Gasteiger partial charge on any atom is 0.343 e. The molecule has 3 aromatic carbocycles. The molecule has 0 bridgehead atoms. The van der Waals surface area contributed by atoms with Crippen molar-refractivity contribution in [2.24, 2.45) is 0 Å². The summed E-state index contributed by atoms with van der Waals surface area (Å²) in [5.41, 5.74) is 2.87. The average molecular weight is 449 g/mol. The second kappa shape index (κ2) is 9.84. The molecule has 0 saturated heterocycles. The van der Waals surface area contributed by atoms with Gasteiger partial charge in [-0.1, -0.05) is 56.6 Å². The summed E-state index contributed by atoms with van der Waals surface area (Å²) in [6.45, 7) is 6.35. The molecule has 0 N–H and O–H groups in total. The Morgan fingerprint density at radius 1 is 0.844 bits per heavy atom.